The van der Waals surface area contributed by atoms with E-state index < -0.39 is 6.10 Å². The van der Waals surface area contributed by atoms with E-state index >= 15 is 0 Å². The number of benzene rings is 2. The van der Waals surface area contributed by atoms with E-state index in [1.807, 2.05) is 54.6 Å². The molecule has 0 aliphatic carbocycles. The largest absolute Gasteiger partial charge is 0.491 e. The number of piperazine rings is 1. The Hall–Kier alpha value is -2.57. The second-order valence-corrected chi connectivity index (χ2v) is 6.65. The number of aliphatic hydroxyl groups is 1. The molecular formula is C21H26N2O4. The first-order valence-electron chi connectivity index (χ1n) is 9.22. The van der Waals surface area contributed by atoms with E-state index in [0.29, 0.717) is 32.0 Å². The van der Waals surface area contributed by atoms with Crippen molar-refractivity contribution in [3.8, 4) is 11.5 Å². The topological polar surface area (TPSA) is 62.2 Å². The Morgan fingerprint density at radius 3 is 2.19 bits per heavy atom. The van der Waals surface area contributed by atoms with Crippen molar-refractivity contribution in [3.05, 3.63) is 60.2 Å². The van der Waals surface area contributed by atoms with Crippen LogP contribution in [0.3, 0.4) is 0 Å². The lowest BCUT2D eigenvalue weighted by molar-refractivity contribution is -0.119. The van der Waals surface area contributed by atoms with Gasteiger partial charge in [0.05, 0.1) is 0 Å². The molecule has 6 heteroatoms. The maximum atomic E-state index is 10.7. The van der Waals surface area contributed by atoms with Crippen LogP contribution < -0.4 is 9.47 Å². The number of hydrogen-bond donors (Lipinski definition) is 1. The Kier molecular flexibility index (Phi) is 7.07. The van der Waals surface area contributed by atoms with Crippen LogP contribution in [0.5, 0.6) is 11.5 Å². The number of aliphatic hydroxyl groups excluding tert-OH is 1. The van der Waals surface area contributed by atoms with Crippen LogP contribution in [0, 0.1) is 0 Å². The van der Waals surface area contributed by atoms with E-state index in [9.17, 15) is 9.90 Å². The molecule has 0 bridgehead atoms. The highest BCUT2D eigenvalue weighted by molar-refractivity contribution is 5.47. The standard InChI is InChI=1S/C21H26N2O4/c24-17-23-12-10-22(11-13-23)14-19(25)16-27-21-8-6-20(7-9-21)26-15-18-4-2-1-3-5-18/h1-9,17,19,25H,10-16H2. The summed E-state index contributed by atoms with van der Waals surface area (Å²) in [6.07, 6.45) is 0.311. The lowest BCUT2D eigenvalue weighted by Gasteiger charge is -2.33. The van der Waals surface area contributed by atoms with Crippen molar-refractivity contribution >= 4 is 6.41 Å². The Labute approximate surface area is 159 Å². The number of ether oxygens (including phenoxy) is 2. The fourth-order valence-electron chi connectivity index (χ4n) is 2.97. The van der Waals surface area contributed by atoms with Gasteiger partial charge in [0, 0.05) is 32.7 Å². The van der Waals surface area contributed by atoms with Crippen molar-refractivity contribution in [2.45, 2.75) is 12.7 Å². The molecule has 27 heavy (non-hydrogen) atoms. The van der Waals surface area contributed by atoms with Crippen LogP contribution >= 0.6 is 0 Å². The van der Waals surface area contributed by atoms with Crippen molar-refractivity contribution in [3.63, 3.8) is 0 Å². The molecule has 0 saturated carbocycles. The molecule has 2 aromatic carbocycles. The highest BCUT2D eigenvalue weighted by Gasteiger charge is 2.18. The minimum Gasteiger partial charge on any atom is -0.491 e. The van der Waals surface area contributed by atoms with Gasteiger partial charge in [-0.05, 0) is 29.8 Å². The molecule has 1 unspecified atom stereocenters. The molecule has 144 valence electrons. The summed E-state index contributed by atoms with van der Waals surface area (Å²) >= 11 is 0. The Balaban J connectivity index is 1.37. The third-order valence-corrected chi connectivity index (χ3v) is 4.54. The highest BCUT2D eigenvalue weighted by Crippen LogP contribution is 2.19. The SMILES string of the molecule is O=CN1CCN(CC(O)COc2ccc(OCc3ccccc3)cc2)CC1. The van der Waals surface area contributed by atoms with Gasteiger partial charge in [-0.2, -0.15) is 0 Å². The number of β-amino-alcohol motifs (C(OH)–C–C–N with tert-alkyl or cyclic N) is 1. The van der Waals surface area contributed by atoms with Gasteiger partial charge in [0.25, 0.3) is 0 Å². The maximum Gasteiger partial charge on any atom is 0.209 e. The van der Waals surface area contributed by atoms with Gasteiger partial charge >= 0.3 is 0 Å². The molecule has 3 rings (SSSR count). The summed E-state index contributed by atoms with van der Waals surface area (Å²) in [7, 11) is 0. The molecule has 1 N–H and O–H groups in total. The van der Waals surface area contributed by atoms with Crippen molar-refractivity contribution in [1.29, 1.82) is 0 Å². The molecule has 1 atom stereocenters. The quantitative estimate of drug-likeness (QED) is 0.682. The Morgan fingerprint density at radius 1 is 0.926 bits per heavy atom. The summed E-state index contributed by atoms with van der Waals surface area (Å²) in [5.41, 5.74) is 1.12. The number of carbonyl (C=O) groups is 1. The highest BCUT2D eigenvalue weighted by atomic mass is 16.5. The van der Waals surface area contributed by atoms with Gasteiger partial charge in [-0.15, -0.1) is 0 Å². The predicted molar refractivity (Wildman–Crippen MR) is 103 cm³/mol. The van der Waals surface area contributed by atoms with E-state index in [4.69, 9.17) is 9.47 Å². The van der Waals surface area contributed by atoms with Gasteiger partial charge in [-0.25, -0.2) is 0 Å². The summed E-state index contributed by atoms with van der Waals surface area (Å²) in [5.74, 6) is 1.48. The molecule has 0 radical (unpaired) electrons. The van der Waals surface area contributed by atoms with Crippen LogP contribution in [0.2, 0.25) is 0 Å². The minimum absolute atomic E-state index is 0.234. The van der Waals surface area contributed by atoms with Crippen molar-refractivity contribution in [1.82, 2.24) is 9.80 Å². The first-order valence-corrected chi connectivity index (χ1v) is 9.22. The number of hydrogen-bond acceptors (Lipinski definition) is 5. The van der Waals surface area contributed by atoms with Crippen LogP contribution in [0.1, 0.15) is 5.56 Å². The maximum absolute atomic E-state index is 10.7. The zero-order valence-electron chi connectivity index (χ0n) is 15.4. The number of nitrogens with zero attached hydrogens (tertiary/aromatic N) is 2. The second-order valence-electron chi connectivity index (χ2n) is 6.65. The fraction of sp³-hybridized carbons (Fsp3) is 0.381. The minimum atomic E-state index is -0.568. The lowest BCUT2D eigenvalue weighted by atomic mass is 10.2. The molecule has 1 amide bonds. The molecule has 1 saturated heterocycles. The van der Waals surface area contributed by atoms with E-state index in [1.165, 1.54) is 0 Å². The predicted octanol–water partition coefficient (Wildman–Crippen LogP) is 1.78. The summed E-state index contributed by atoms with van der Waals surface area (Å²) in [4.78, 5) is 14.6. The first kappa shape index (κ1) is 19.2. The van der Waals surface area contributed by atoms with Crippen molar-refractivity contribution in [2.24, 2.45) is 0 Å². The van der Waals surface area contributed by atoms with Gasteiger partial charge in [-0.1, -0.05) is 30.3 Å². The third kappa shape index (κ3) is 6.27. The number of rotatable bonds is 9. The van der Waals surface area contributed by atoms with E-state index in [-0.39, 0.29) is 6.61 Å². The smallest absolute Gasteiger partial charge is 0.209 e. The molecule has 6 nitrogen and oxygen atoms in total. The summed E-state index contributed by atoms with van der Waals surface area (Å²) in [6.45, 7) is 4.29. The second kappa shape index (κ2) is 9.94. The van der Waals surface area contributed by atoms with Gasteiger partial charge < -0.3 is 19.5 Å². The Morgan fingerprint density at radius 2 is 1.56 bits per heavy atom. The molecular weight excluding hydrogens is 344 g/mol. The average Bonchev–Trinajstić information content (AvgIpc) is 2.73. The third-order valence-electron chi connectivity index (χ3n) is 4.54. The normalized spacial score (nSPS) is 16.0. The summed E-state index contributed by atoms with van der Waals surface area (Å²) in [5, 5.41) is 10.2. The molecule has 0 aromatic heterocycles. The van der Waals surface area contributed by atoms with Crippen LogP contribution in [-0.4, -0.2) is 66.8 Å². The van der Waals surface area contributed by atoms with Crippen LogP contribution in [0.25, 0.3) is 0 Å². The average molecular weight is 370 g/mol. The van der Waals surface area contributed by atoms with Gasteiger partial charge in [-0.3, -0.25) is 9.69 Å². The molecule has 1 fully saturated rings. The first-order chi connectivity index (χ1) is 13.2. The van der Waals surface area contributed by atoms with E-state index in [0.717, 1.165) is 30.8 Å². The van der Waals surface area contributed by atoms with Gasteiger partial charge in [0.15, 0.2) is 0 Å². The van der Waals surface area contributed by atoms with Gasteiger partial charge in [0.1, 0.15) is 30.8 Å². The molecule has 0 spiro atoms. The van der Waals surface area contributed by atoms with E-state index in [2.05, 4.69) is 4.90 Å². The van der Waals surface area contributed by atoms with E-state index in [1.54, 1.807) is 4.90 Å². The summed E-state index contributed by atoms with van der Waals surface area (Å²) < 4.78 is 11.4. The molecule has 1 aliphatic heterocycles. The van der Waals surface area contributed by atoms with Crippen LogP contribution in [0.4, 0.5) is 0 Å². The summed E-state index contributed by atoms with van der Waals surface area (Å²) in [6, 6.07) is 17.4. The molecule has 2 aromatic rings. The Bertz CT molecular complexity index is 685. The number of amides is 1. The zero-order valence-corrected chi connectivity index (χ0v) is 15.4. The lowest BCUT2D eigenvalue weighted by Crippen LogP contribution is -2.48. The van der Waals surface area contributed by atoms with Crippen LogP contribution in [-0.2, 0) is 11.4 Å². The monoisotopic (exact) mass is 370 g/mol. The molecule has 1 aliphatic rings. The van der Waals surface area contributed by atoms with Crippen LogP contribution in [0.15, 0.2) is 54.6 Å². The zero-order chi connectivity index (χ0) is 18.9. The molecule has 1 heterocycles. The van der Waals surface area contributed by atoms with Crippen molar-refractivity contribution < 1.29 is 19.4 Å². The van der Waals surface area contributed by atoms with Gasteiger partial charge in [0.2, 0.25) is 6.41 Å². The van der Waals surface area contributed by atoms with Crippen molar-refractivity contribution in [2.75, 3.05) is 39.3 Å². The fourth-order valence-corrected chi connectivity index (χ4v) is 2.97. The number of carbonyl (C=O) groups excluding carboxylic acids is 1.